The number of rotatable bonds is 5. The second kappa shape index (κ2) is 7.45. The molecule has 0 spiro atoms. The molecule has 2 rings (SSSR count). The van der Waals surface area contributed by atoms with Gasteiger partial charge in [0.15, 0.2) is 5.11 Å². The first-order valence-electron chi connectivity index (χ1n) is 6.33. The maximum absolute atomic E-state index is 12.7. The molecule has 2 aromatic rings. The Hall–Kier alpha value is -2.14. The molecule has 5 heteroatoms. The van der Waals surface area contributed by atoms with E-state index in [4.69, 9.17) is 12.2 Å². The van der Waals surface area contributed by atoms with Crippen molar-refractivity contribution in [3.63, 3.8) is 0 Å². The summed E-state index contributed by atoms with van der Waals surface area (Å²) in [4.78, 5) is 0. The smallest absolute Gasteiger partial charge is 0.185 e. The monoisotopic (exact) mass is 289 g/mol. The molecular formula is C15H16FN3S. The topological polar surface area (TPSA) is 36.1 Å². The number of hydrazine groups is 1. The van der Waals surface area contributed by atoms with Crippen LogP contribution in [0, 0.1) is 5.82 Å². The zero-order chi connectivity index (χ0) is 14.2. The van der Waals surface area contributed by atoms with Gasteiger partial charge in [-0.2, -0.15) is 0 Å². The lowest BCUT2D eigenvalue weighted by molar-refractivity contribution is 0.628. The Morgan fingerprint density at radius 2 is 1.70 bits per heavy atom. The summed E-state index contributed by atoms with van der Waals surface area (Å²) in [6.07, 6.45) is 0.902. The van der Waals surface area contributed by atoms with Crippen LogP contribution < -0.4 is 16.2 Å². The van der Waals surface area contributed by atoms with E-state index < -0.39 is 0 Å². The summed E-state index contributed by atoms with van der Waals surface area (Å²) < 4.78 is 12.7. The maximum Gasteiger partial charge on any atom is 0.185 e. The van der Waals surface area contributed by atoms with Crippen LogP contribution in [0.15, 0.2) is 54.6 Å². The molecule has 0 radical (unpaired) electrons. The highest BCUT2D eigenvalue weighted by molar-refractivity contribution is 7.80. The van der Waals surface area contributed by atoms with Crippen molar-refractivity contribution in [3.8, 4) is 0 Å². The first kappa shape index (κ1) is 14.3. The minimum absolute atomic E-state index is 0.265. The number of thiocarbonyl (C=S) groups is 1. The highest BCUT2D eigenvalue weighted by Crippen LogP contribution is 2.06. The zero-order valence-corrected chi connectivity index (χ0v) is 11.7. The van der Waals surface area contributed by atoms with Crippen LogP contribution in [0.3, 0.4) is 0 Å². The molecule has 2 aromatic carbocycles. The van der Waals surface area contributed by atoms with Crippen molar-refractivity contribution in [2.24, 2.45) is 0 Å². The standard InChI is InChI=1S/C15H16FN3S/c16-13-6-8-14(9-7-13)18-19-15(20)17-11-10-12-4-2-1-3-5-12/h1-9,18H,10-11H2,(H2,17,19,20). The van der Waals surface area contributed by atoms with Gasteiger partial charge in [-0.1, -0.05) is 30.3 Å². The van der Waals surface area contributed by atoms with E-state index >= 15 is 0 Å². The van der Waals surface area contributed by atoms with Gasteiger partial charge < -0.3 is 5.32 Å². The fourth-order valence-corrected chi connectivity index (χ4v) is 1.82. The van der Waals surface area contributed by atoms with E-state index in [0.717, 1.165) is 18.7 Å². The van der Waals surface area contributed by atoms with Crippen LogP contribution >= 0.6 is 12.2 Å². The zero-order valence-electron chi connectivity index (χ0n) is 10.9. The second-order valence-electron chi connectivity index (χ2n) is 4.25. The molecule has 0 amide bonds. The van der Waals surface area contributed by atoms with E-state index in [1.165, 1.54) is 17.7 Å². The number of benzene rings is 2. The Bertz CT molecular complexity index is 543. The van der Waals surface area contributed by atoms with E-state index in [1.54, 1.807) is 12.1 Å². The first-order valence-corrected chi connectivity index (χ1v) is 6.74. The van der Waals surface area contributed by atoms with Crippen molar-refractivity contribution in [1.82, 2.24) is 10.7 Å². The summed E-state index contributed by atoms with van der Waals surface area (Å²) in [5.41, 5.74) is 7.76. The third kappa shape index (κ3) is 4.85. The van der Waals surface area contributed by atoms with Crippen LogP contribution in [0.1, 0.15) is 5.56 Å². The van der Waals surface area contributed by atoms with Crippen LogP contribution in [-0.2, 0) is 6.42 Å². The largest absolute Gasteiger partial charge is 0.361 e. The van der Waals surface area contributed by atoms with Crippen LogP contribution in [0.5, 0.6) is 0 Å². The Balaban J connectivity index is 1.67. The van der Waals surface area contributed by atoms with Gasteiger partial charge in [-0.3, -0.25) is 10.9 Å². The fourth-order valence-electron chi connectivity index (χ4n) is 1.67. The third-order valence-corrected chi connectivity index (χ3v) is 2.95. The normalized spacial score (nSPS) is 9.85. The van der Waals surface area contributed by atoms with Crippen LogP contribution in [-0.4, -0.2) is 11.7 Å². The Kier molecular flexibility index (Phi) is 5.32. The molecule has 0 aliphatic rings. The van der Waals surface area contributed by atoms with Gasteiger partial charge in [-0.15, -0.1) is 0 Å². The van der Waals surface area contributed by atoms with E-state index in [1.807, 2.05) is 18.2 Å². The second-order valence-corrected chi connectivity index (χ2v) is 4.66. The summed E-state index contributed by atoms with van der Waals surface area (Å²) in [7, 11) is 0. The van der Waals surface area contributed by atoms with Crippen LogP contribution in [0.2, 0.25) is 0 Å². The Morgan fingerprint density at radius 3 is 2.40 bits per heavy atom. The lowest BCUT2D eigenvalue weighted by Gasteiger charge is -2.12. The van der Waals surface area contributed by atoms with Gasteiger partial charge >= 0.3 is 0 Å². The molecule has 0 unspecified atom stereocenters. The fraction of sp³-hybridized carbons (Fsp3) is 0.133. The van der Waals surface area contributed by atoms with E-state index in [2.05, 4.69) is 28.3 Å². The number of anilines is 1. The van der Waals surface area contributed by atoms with Crippen LogP contribution in [0.25, 0.3) is 0 Å². The average molecular weight is 289 g/mol. The molecule has 20 heavy (non-hydrogen) atoms. The summed E-state index contributed by atoms with van der Waals surface area (Å²) in [5.74, 6) is -0.265. The van der Waals surface area contributed by atoms with Gasteiger partial charge in [-0.25, -0.2) is 4.39 Å². The van der Waals surface area contributed by atoms with Crippen molar-refractivity contribution in [1.29, 1.82) is 0 Å². The Labute approximate surface area is 123 Å². The number of hydrogen-bond donors (Lipinski definition) is 3. The predicted octanol–water partition coefficient (Wildman–Crippen LogP) is 2.86. The van der Waals surface area contributed by atoms with Crippen molar-refractivity contribution in [2.75, 3.05) is 12.0 Å². The summed E-state index contributed by atoms with van der Waals surface area (Å²) in [6, 6.07) is 16.2. The summed E-state index contributed by atoms with van der Waals surface area (Å²) in [6.45, 7) is 0.751. The lowest BCUT2D eigenvalue weighted by Crippen LogP contribution is -2.39. The van der Waals surface area contributed by atoms with E-state index in [9.17, 15) is 4.39 Å². The van der Waals surface area contributed by atoms with Gasteiger partial charge in [0, 0.05) is 6.54 Å². The molecule has 0 saturated heterocycles. The molecule has 3 nitrogen and oxygen atoms in total. The molecule has 0 heterocycles. The third-order valence-electron chi connectivity index (χ3n) is 2.71. The minimum Gasteiger partial charge on any atom is -0.361 e. The number of nitrogens with one attached hydrogen (secondary N) is 3. The quantitative estimate of drug-likeness (QED) is 0.584. The maximum atomic E-state index is 12.7. The predicted molar refractivity (Wildman–Crippen MR) is 83.9 cm³/mol. The van der Waals surface area contributed by atoms with Gasteiger partial charge in [0.1, 0.15) is 5.82 Å². The van der Waals surface area contributed by atoms with Crippen molar-refractivity contribution >= 4 is 23.0 Å². The highest BCUT2D eigenvalue weighted by atomic mass is 32.1. The van der Waals surface area contributed by atoms with Crippen molar-refractivity contribution in [3.05, 3.63) is 66.0 Å². The van der Waals surface area contributed by atoms with E-state index in [0.29, 0.717) is 5.11 Å². The van der Waals surface area contributed by atoms with Gasteiger partial charge in [0.05, 0.1) is 5.69 Å². The molecule has 0 aliphatic carbocycles. The highest BCUT2D eigenvalue weighted by Gasteiger charge is 1.96. The molecule has 104 valence electrons. The molecule has 0 saturated carbocycles. The molecule has 0 bridgehead atoms. The minimum atomic E-state index is -0.265. The number of halogens is 1. The van der Waals surface area contributed by atoms with Gasteiger partial charge in [0.25, 0.3) is 0 Å². The van der Waals surface area contributed by atoms with E-state index in [-0.39, 0.29) is 5.82 Å². The van der Waals surface area contributed by atoms with Gasteiger partial charge in [-0.05, 0) is 48.5 Å². The summed E-state index contributed by atoms with van der Waals surface area (Å²) >= 11 is 5.14. The average Bonchev–Trinajstić information content (AvgIpc) is 2.48. The molecular weight excluding hydrogens is 273 g/mol. The SMILES string of the molecule is Fc1ccc(NNC(=S)NCCc2ccccc2)cc1. The molecule has 0 aromatic heterocycles. The number of hydrogen-bond acceptors (Lipinski definition) is 2. The van der Waals surface area contributed by atoms with Crippen LogP contribution in [0.4, 0.5) is 10.1 Å². The molecule has 0 atom stereocenters. The lowest BCUT2D eigenvalue weighted by atomic mass is 10.1. The molecule has 0 fully saturated rings. The Morgan fingerprint density at radius 1 is 1.00 bits per heavy atom. The molecule has 3 N–H and O–H groups in total. The first-order chi connectivity index (χ1) is 9.74. The molecule has 0 aliphatic heterocycles. The van der Waals surface area contributed by atoms with Crippen molar-refractivity contribution < 1.29 is 4.39 Å². The van der Waals surface area contributed by atoms with Crippen molar-refractivity contribution in [2.45, 2.75) is 6.42 Å². The summed E-state index contributed by atoms with van der Waals surface area (Å²) in [5, 5.41) is 3.60. The van der Waals surface area contributed by atoms with Gasteiger partial charge in [0.2, 0.25) is 0 Å².